The molecular weight excluding hydrogens is 216 g/mol. The van der Waals surface area contributed by atoms with Crippen molar-refractivity contribution in [2.24, 2.45) is 0 Å². The summed E-state index contributed by atoms with van der Waals surface area (Å²) >= 11 is 0. The van der Waals surface area contributed by atoms with E-state index in [0.717, 1.165) is 0 Å². The molecule has 0 saturated carbocycles. The molecule has 1 aliphatic rings. The Morgan fingerprint density at radius 3 is 2.39 bits per heavy atom. The van der Waals surface area contributed by atoms with E-state index in [1.807, 2.05) is 0 Å². The van der Waals surface area contributed by atoms with Gasteiger partial charge in [0.05, 0.1) is 0 Å². The molecule has 0 unspecified atom stereocenters. The molecule has 0 saturated heterocycles. The maximum Gasteiger partial charge on any atom is -0.0178 e. The second-order valence-electron chi connectivity index (χ2n) is 4.72. The summed E-state index contributed by atoms with van der Waals surface area (Å²) < 4.78 is 0. The van der Waals surface area contributed by atoms with Crippen LogP contribution in [0, 0.1) is 6.92 Å². The van der Waals surface area contributed by atoms with Crippen LogP contribution in [0.2, 0.25) is 0 Å². The first kappa shape index (κ1) is 12.6. The van der Waals surface area contributed by atoms with Crippen LogP contribution in [-0.4, -0.2) is 0 Å². The number of allylic oxidation sites excluding steroid dienone is 1. The summed E-state index contributed by atoms with van der Waals surface area (Å²) in [5.41, 5.74) is 6.79. The van der Waals surface area contributed by atoms with Gasteiger partial charge in [0.25, 0.3) is 0 Å². The van der Waals surface area contributed by atoms with Crippen molar-refractivity contribution in [2.75, 3.05) is 0 Å². The molecule has 0 amide bonds. The first-order valence-electron chi connectivity index (χ1n) is 6.19. The Bertz CT molecular complexity index is 559. The van der Waals surface area contributed by atoms with Crippen LogP contribution >= 0.6 is 0 Å². The van der Waals surface area contributed by atoms with E-state index in [2.05, 4.69) is 61.5 Å². The molecule has 0 fully saturated rings. The van der Waals surface area contributed by atoms with Crippen LogP contribution in [0.25, 0.3) is 17.2 Å². The Balaban J connectivity index is 0.00000120. The Kier molecular flexibility index (Phi) is 3.66. The highest BCUT2D eigenvalue weighted by molar-refractivity contribution is 5.70. The molecule has 92 valence electrons. The third-order valence-electron chi connectivity index (χ3n) is 3.41. The van der Waals surface area contributed by atoms with Gasteiger partial charge in [-0.1, -0.05) is 61.5 Å². The minimum atomic E-state index is 0. The Labute approximate surface area is 110 Å². The van der Waals surface area contributed by atoms with Crippen LogP contribution < -0.4 is 0 Å². The molecule has 0 nitrogen and oxygen atoms in total. The normalized spacial score (nSPS) is 12.7. The zero-order chi connectivity index (χ0) is 11.7. The largest absolute Gasteiger partial charge is 0.0836 e. The molecule has 0 aliphatic heterocycles. The van der Waals surface area contributed by atoms with Gasteiger partial charge < -0.3 is 0 Å². The summed E-state index contributed by atoms with van der Waals surface area (Å²) in [6, 6.07) is 15.6. The van der Waals surface area contributed by atoms with E-state index in [0.29, 0.717) is 0 Å². The molecule has 0 atom stereocenters. The average molecular weight is 236 g/mol. The maximum absolute atomic E-state index is 2.30. The predicted molar refractivity (Wildman–Crippen MR) is 80.7 cm³/mol. The van der Waals surface area contributed by atoms with E-state index in [4.69, 9.17) is 0 Å². The minimum absolute atomic E-state index is 0. The number of aryl methyl sites for hydroxylation is 2. The summed E-state index contributed by atoms with van der Waals surface area (Å²) in [4.78, 5) is 0. The number of hydrogen-bond acceptors (Lipinski definition) is 0. The van der Waals surface area contributed by atoms with Gasteiger partial charge in [0.1, 0.15) is 0 Å². The van der Waals surface area contributed by atoms with Gasteiger partial charge >= 0.3 is 0 Å². The second-order valence-corrected chi connectivity index (χ2v) is 4.72. The standard InChI is InChI=1S/C17H16.CH4/c1-13-6-8-15(9-7-13)17-11-10-14-4-2-3-5-16(14)12-17;/h3,5-12H,2,4H2,1H3;1H4. The topological polar surface area (TPSA) is 0 Å². The van der Waals surface area contributed by atoms with Crippen molar-refractivity contribution in [2.45, 2.75) is 27.2 Å². The monoisotopic (exact) mass is 236 g/mol. The zero-order valence-corrected chi connectivity index (χ0v) is 10.1. The Hall–Kier alpha value is -1.82. The van der Waals surface area contributed by atoms with Crippen LogP contribution in [-0.2, 0) is 6.42 Å². The van der Waals surface area contributed by atoms with Crippen molar-refractivity contribution in [1.82, 2.24) is 0 Å². The van der Waals surface area contributed by atoms with Gasteiger partial charge in [-0.2, -0.15) is 0 Å². The molecule has 1 aliphatic carbocycles. The van der Waals surface area contributed by atoms with Crippen molar-refractivity contribution in [1.29, 1.82) is 0 Å². The highest BCUT2D eigenvalue weighted by Crippen LogP contribution is 2.26. The van der Waals surface area contributed by atoms with Gasteiger partial charge in [0.15, 0.2) is 0 Å². The van der Waals surface area contributed by atoms with Gasteiger partial charge in [0.2, 0.25) is 0 Å². The lowest BCUT2D eigenvalue weighted by atomic mass is 9.93. The summed E-state index contributed by atoms with van der Waals surface area (Å²) in [5, 5.41) is 0. The molecule has 18 heavy (non-hydrogen) atoms. The summed E-state index contributed by atoms with van der Waals surface area (Å²) in [5.74, 6) is 0. The van der Waals surface area contributed by atoms with Crippen molar-refractivity contribution in [3.05, 3.63) is 65.2 Å². The van der Waals surface area contributed by atoms with Gasteiger partial charge in [-0.05, 0) is 48.1 Å². The predicted octanol–water partition coefficient (Wildman–Crippen LogP) is 5.26. The third kappa shape index (κ3) is 2.38. The zero-order valence-electron chi connectivity index (χ0n) is 10.1. The highest BCUT2D eigenvalue weighted by Gasteiger charge is 2.05. The maximum atomic E-state index is 2.30. The number of rotatable bonds is 1. The molecule has 0 spiro atoms. The van der Waals surface area contributed by atoms with Gasteiger partial charge in [0, 0.05) is 0 Å². The molecule has 3 rings (SSSR count). The van der Waals surface area contributed by atoms with Gasteiger partial charge in [-0.15, -0.1) is 0 Å². The molecule has 0 radical (unpaired) electrons. The molecular formula is C18H20. The summed E-state index contributed by atoms with van der Waals surface area (Å²) in [6.45, 7) is 2.12. The minimum Gasteiger partial charge on any atom is -0.0836 e. The smallest absolute Gasteiger partial charge is 0.0178 e. The van der Waals surface area contributed by atoms with E-state index in [1.54, 1.807) is 0 Å². The fraction of sp³-hybridized carbons (Fsp3) is 0.222. The van der Waals surface area contributed by atoms with Crippen molar-refractivity contribution >= 4 is 6.08 Å². The van der Waals surface area contributed by atoms with E-state index >= 15 is 0 Å². The lowest BCUT2D eigenvalue weighted by Crippen LogP contribution is -1.94. The van der Waals surface area contributed by atoms with Crippen molar-refractivity contribution in [3.63, 3.8) is 0 Å². The van der Waals surface area contributed by atoms with Crippen molar-refractivity contribution in [3.8, 4) is 11.1 Å². The fourth-order valence-corrected chi connectivity index (χ4v) is 2.35. The van der Waals surface area contributed by atoms with Crippen LogP contribution in [0.3, 0.4) is 0 Å². The van der Waals surface area contributed by atoms with Crippen LogP contribution in [0.1, 0.15) is 30.5 Å². The molecule has 0 bridgehead atoms. The van der Waals surface area contributed by atoms with E-state index in [1.165, 1.54) is 40.7 Å². The lowest BCUT2D eigenvalue weighted by Gasteiger charge is -2.12. The van der Waals surface area contributed by atoms with E-state index in [9.17, 15) is 0 Å². The molecule has 2 aromatic carbocycles. The average Bonchev–Trinajstić information content (AvgIpc) is 2.39. The first-order chi connectivity index (χ1) is 8.33. The molecule has 0 heteroatoms. The SMILES string of the molecule is C.Cc1ccc(-c2ccc3c(c2)C=CCC3)cc1. The van der Waals surface area contributed by atoms with Gasteiger partial charge in [-0.3, -0.25) is 0 Å². The van der Waals surface area contributed by atoms with Crippen molar-refractivity contribution < 1.29 is 0 Å². The van der Waals surface area contributed by atoms with E-state index in [-0.39, 0.29) is 7.43 Å². The highest BCUT2D eigenvalue weighted by atomic mass is 14.1. The Morgan fingerprint density at radius 2 is 1.61 bits per heavy atom. The van der Waals surface area contributed by atoms with Crippen LogP contribution in [0.15, 0.2) is 48.5 Å². The number of hydrogen-bond donors (Lipinski definition) is 0. The number of fused-ring (bicyclic) bond motifs is 1. The second kappa shape index (κ2) is 5.22. The van der Waals surface area contributed by atoms with Crippen LogP contribution in [0.5, 0.6) is 0 Å². The quantitative estimate of drug-likeness (QED) is 0.633. The summed E-state index contributed by atoms with van der Waals surface area (Å²) in [7, 11) is 0. The molecule has 2 aromatic rings. The summed E-state index contributed by atoms with van der Waals surface area (Å²) in [6.07, 6.45) is 6.87. The lowest BCUT2D eigenvalue weighted by molar-refractivity contribution is 0.986. The van der Waals surface area contributed by atoms with Gasteiger partial charge in [-0.25, -0.2) is 0 Å². The third-order valence-corrected chi connectivity index (χ3v) is 3.41. The molecule has 0 aromatic heterocycles. The van der Waals surface area contributed by atoms with Crippen LogP contribution in [0.4, 0.5) is 0 Å². The molecule has 0 heterocycles. The number of benzene rings is 2. The molecule has 0 N–H and O–H groups in total. The Morgan fingerprint density at radius 1 is 0.889 bits per heavy atom. The van der Waals surface area contributed by atoms with E-state index < -0.39 is 0 Å². The first-order valence-corrected chi connectivity index (χ1v) is 6.19. The fourth-order valence-electron chi connectivity index (χ4n) is 2.35.